The molecule has 0 heterocycles. The van der Waals surface area contributed by atoms with Gasteiger partial charge in [0.1, 0.15) is 0 Å². The molecule has 0 aromatic carbocycles. The summed E-state index contributed by atoms with van der Waals surface area (Å²) in [5.74, 6) is -0.876. The molecule has 2 heteroatoms. The predicted octanol–water partition coefficient (Wildman–Crippen LogP) is 6.36. The number of carboxylic acids is 1. The van der Waals surface area contributed by atoms with Gasteiger partial charge >= 0.3 is 5.97 Å². The Hall–Kier alpha value is -1.57. The summed E-state index contributed by atoms with van der Waals surface area (Å²) in [5.41, 5.74) is 7.19. The molecule has 2 aliphatic rings. The van der Waals surface area contributed by atoms with Gasteiger partial charge in [0.2, 0.25) is 0 Å². The van der Waals surface area contributed by atoms with Crippen molar-refractivity contribution in [2.45, 2.75) is 79.1 Å². The minimum atomic E-state index is -0.876. The van der Waals surface area contributed by atoms with E-state index in [9.17, 15) is 4.79 Å². The second kappa shape index (κ2) is 8.00. The summed E-state index contributed by atoms with van der Waals surface area (Å²) in [4.78, 5) is 10.8. The first kappa shape index (κ1) is 18.8. The maximum Gasteiger partial charge on any atom is 0.328 e. The molecule has 0 aromatic heterocycles. The summed E-state index contributed by atoms with van der Waals surface area (Å²) in [5, 5.41) is 8.90. The molecule has 2 nitrogen and oxygen atoms in total. The number of hydrogen-bond acceptors (Lipinski definition) is 1. The van der Waals surface area contributed by atoms with Crippen LogP contribution in [0.4, 0.5) is 0 Å². The Morgan fingerprint density at radius 2 is 1.79 bits per heavy atom. The number of allylic oxidation sites excluding steroid dienone is 7. The molecular weight excluding hydrogens is 296 g/mol. The van der Waals surface area contributed by atoms with Crippen LogP contribution in [0.1, 0.15) is 79.1 Å². The van der Waals surface area contributed by atoms with E-state index in [0.717, 1.165) is 18.4 Å². The van der Waals surface area contributed by atoms with Gasteiger partial charge in [0.15, 0.2) is 0 Å². The average Bonchev–Trinajstić information content (AvgIpc) is 2.69. The van der Waals surface area contributed by atoms with Gasteiger partial charge in [-0.05, 0) is 86.5 Å². The zero-order valence-electron chi connectivity index (χ0n) is 15.7. The minimum absolute atomic E-state index is 0.257. The number of hydrogen-bond donors (Lipinski definition) is 1. The van der Waals surface area contributed by atoms with Gasteiger partial charge in [0.05, 0.1) is 0 Å². The first-order valence-electron chi connectivity index (χ1n) is 9.33. The van der Waals surface area contributed by atoms with E-state index in [1.165, 1.54) is 50.2 Å². The Balaban J connectivity index is 2.45. The molecule has 1 N–H and O–H groups in total. The predicted molar refractivity (Wildman–Crippen MR) is 101 cm³/mol. The van der Waals surface area contributed by atoms with E-state index in [1.54, 1.807) is 16.7 Å². The second-order valence-electron chi connectivity index (χ2n) is 8.02. The fraction of sp³-hybridized carbons (Fsp3) is 0.591. The van der Waals surface area contributed by atoms with Crippen LogP contribution in [0.2, 0.25) is 0 Å². The second-order valence-corrected chi connectivity index (χ2v) is 8.02. The van der Waals surface area contributed by atoms with Crippen molar-refractivity contribution in [2.75, 3.05) is 0 Å². The first-order valence-corrected chi connectivity index (χ1v) is 9.33. The molecule has 0 aromatic rings. The highest BCUT2D eigenvalue weighted by Gasteiger charge is 2.31. The third-order valence-electron chi connectivity index (χ3n) is 5.42. The smallest absolute Gasteiger partial charge is 0.328 e. The Morgan fingerprint density at radius 1 is 1.08 bits per heavy atom. The molecule has 0 unspecified atom stereocenters. The quantitative estimate of drug-likeness (QED) is 0.481. The maximum atomic E-state index is 10.8. The van der Waals surface area contributed by atoms with Crippen LogP contribution in [0.25, 0.3) is 0 Å². The van der Waals surface area contributed by atoms with E-state index < -0.39 is 5.97 Å². The summed E-state index contributed by atoms with van der Waals surface area (Å²) in [6, 6.07) is 0. The SMILES string of the molecule is CC1=C(C2=C(/C=C/C(C)=C/C(=O)O)CCCCC2)C(C)(C)CCC1. The van der Waals surface area contributed by atoms with E-state index in [4.69, 9.17) is 5.11 Å². The molecule has 0 atom stereocenters. The lowest BCUT2D eigenvalue weighted by Crippen LogP contribution is -2.22. The van der Waals surface area contributed by atoms with Crippen LogP contribution in [0.3, 0.4) is 0 Å². The topological polar surface area (TPSA) is 37.3 Å². The van der Waals surface area contributed by atoms with Gasteiger partial charge in [-0.15, -0.1) is 0 Å². The highest BCUT2D eigenvalue weighted by atomic mass is 16.4. The summed E-state index contributed by atoms with van der Waals surface area (Å²) < 4.78 is 0. The summed E-state index contributed by atoms with van der Waals surface area (Å²) >= 11 is 0. The van der Waals surface area contributed by atoms with Gasteiger partial charge < -0.3 is 5.11 Å². The first-order chi connectivity index (χ1) is 11.3. The van der Waals surface area contributed by atoms with Crippen LogP contribution in [0, 0.1) is 5.41 Å². The Morgan fingerprint density at radius 3 is 2.46 bits per heavy atom. The van der Waals surface area contributed by atoms with Crippen molar-refractivity contribution in [3.63, 3.8) is 0 Å². The standard InChI is InChI=1S/C22H32O2/c1-16(15-20(23)24)12-13-18-10-6-5-7-11-19(18)21-17(2)9-8-14-22(21,3)4/h12-13,15H,5-11,14H2,1-4H3,(H,23,24)/b13-12+,16-15+. The zero-order valence-corrected chi connectivity index (χ0v) is 15.7. The number of carbonyl (C=O) groups is 1. The van der Waals surface area contributed by atoms with Gasteiger partial charge in [0, 0.05) is 6.08 Å². The molecular formula is C22H32O2. The molecule has 0 fully saturated rings. The normalized spacial score (nSPS) is 22.9. The minimum Gasteiger partial charge on any atom is -0.478 e. The lowest BCUT2D eigenvalue weighted by molar-refractivity contribution is -0.131. The van der Waals surface area contributed by atoms with Crippen LogP contribution >= 0.6 is 0 Å². The van der Waals surface area contributed by atoms with E-state index in [1.807, 2.05) is 13.0 Å². The van der Waals surface area contributed by atoms with Gasteiger partial charge in [-0.2, -0.15) is 0 Å². The highest BCUT2D eigenvalue weighted by molar-refractivity contribution is 5.81. The van der Waals surface area contributed by atoms with Gasteiger partial charge in [-0.3, -0.25) is 0 Å². The molecule has 0 saturated heterocycles. The van der Waals surface area contributed by atoms with Crippen molar-refractivity contribution in [3.8, 4) is 0 Å². The summed E-state index contributed by atoms with van der Waals surface area (Å²) in [7, 11) is 0. The molecule has 132 valence electrons. The molecule has 0 radical (unpaired) electrons. The fourth-order valence-corrected chi connectivity index (χ4v) is 4.34. The van der Waals surface area contributed by atoms with Crippen LogP contribution < -0.4 is 0 Å². The third kappa shape index (κ3) is 4.72. The van der Waals surface area contributed by atoms with Crippen LogP contribution in [-0.4, -0.2) is 11.1 Å². The largest absolute Gasteiger partial charge is 0.478 e. The number of rotatable bonds is 4. The Kier molecular flexibility index (Phi) is 6.26. The van der Waals surface area contributed by atoms with Gasteiger partial charge in [0.25, 0.3) is 0 Å². The van der Waals surface area contributed by atoms with Crippen molar-refractivity contribution in [1.29, 1.82) is 0 Å². The van der Waals surface area contributed by atoms with Crippen molar-refractivity contribution >= 4 is 5.97 Å². The van der Waals surface area contributed by atoms with E-state index in [-0.39, 0.29) is 5.41 Å². The van der Waals surface area contributed by atoms with E-state index >= 15 is 0 Å². The van der Waals surface area contributed by atoms with E-state index in [2.05, 4.69) is 26.8 Å². The molecule has 0 spiro atoms. The average molecular weight is 328 g/mol. The zero-order chi connectivity index (χ0) is 17.7. The molecule has 0 amide bonds. The van der Waals surface area contributed by atoms with Crippen molar-refractivity contribution in [1.82, 2.24) is 0 Å². The lowest BCUT2D eigenvalue weighted by Gasteiger charge is -2.37. The van der Waals surface area contributed by atoms with Crippen molar-refractivity contribution in [2.24, 2.45) is 5.41 Å². The Labute approximate surface area is 147 Å². The number of aliphatic carboxylic acids is 1. The molecule has 0 bridgehead atoms. The molecule has 24 heavy (non-hydrogen) atoms. The monoisotopic (exact) mass is 328 g/mol. The van der Waals surface area contributed by atoms with Gasteiger partial charge in [-0.1, -0.05) is 38.0 Å². The fourth-order valence-electron chi connectivity index (χ4n) is 4.34. The van der Waals surface area contributed by atoms with Crippen LogP contribution in [0.5, 0.6) is 0 Å². The molecule has 0 aliphatic heterocycles. The summed E-state index contributed by atoms with van der Waals surface area (Å²) in [6.45, 7) is 8.95. The van der Waals surface area contributed by atoms with Crippen LogP contribution in [-0.2, 0) is 4.79 Å². The number of carboxylic acid groups (broad SMARTS) is 1. The Bertz CT molecular complexity index is 612. The molecule has 2 aliphatic carbocycles. The van der Waals surface area contributed by atoms with Crippen molar-refractivity contribution < 1.29 is 9.90 Å². The van der Waals surface area contributed by atoms with Gasteiger partial charge in [-0.25, -0.2) is 4.79 Å². The lowest BCUT2D eigenvalue weighted by atomic mass is 9.68. The van der Waals surface area contributed by atoms with Crippen molar-refractivity contribution in [3.05, 3.63) is 46.1 Å². The highest BCUT2D eigenvalue weighted by Crippen LogP contribution is 2.47. The van der Waals surface area contributed by atoms with E-state index in [0.29, 0.717) is 0 Å². The molecule has 0 saturated carbocycles. The summed E-state index contributed by atoms with van der Waals surface area (Å²) in [6.07, 6.45) is 15.3. The third-order valence-corrected chi connectivity index (χ3v) is 5.42. The molecule has 2 rings (SSSR count). The van der Waals surface area contributed by atoms with Crippen LogP contribution in [0.15, 0.2) is 46.1 Å². The maximum absolute atomic E-state index is 10.8.